The molecule has 0 bridgehead atoms. The third-order valence-electron chi connectivity index (χ3n) is 3.44. The predicted octanol–water partition coefficient (Wildman–Crippen LogP) is 2.15. The number of ether oxygens (including phenoxy) is 1. The number of benzene rings is 1. The lowest BCUT2D eigenvalue weighted by Crippen LogP contribution is -2.28. The number of aromatic nitrogens is 1. The van der Waals surface area contributed by atoms with Crippen LogP contribution >= 0.6 is 11.3 Å². The Morgan fingerprint density at radius 3 is 2.70 bits per heavy atom. The van der Waals surface area contributed by atoms with E-state index in [0.29, 0.717) is 9.20 Å². The van der Waals surface area contributed by atoms with E-state index in [1.165, 1.54) is 34.8 Å². The summed E-state index contributed by atoms with van der Waals surface area (Å²) in [6.07, 6.45) is 6.64. The molecule has 0 N–H and O–H groups in total. The smallest absolute Gasteiger partial charge is 0.268 e. The third-order valence-corrected chi connectivity index (χ3v) is 4.56. The zero-order chi connectivity index (χ0) is 16.7. The van der Waals surface area contributed by atoms with Crippen molar-refractivity contribution >= 4 is 23.5 Å². The molecule has 2 rings (SSSR count). The largest absolute Gasteiger partial charge is 0.494 e. The van der Waals surface area contributed by atoms with Crippen molar-refractivity contribution in [1.29, 1.82) is 5.26 Å². The summed E-state index contributed by atoms with van der Waals surface area (Å²) >= 11 is 1.31. The number of hydrogen-bond acceptors (Lipinski definition) is 4. The average Bonchev–Trinajstić information content (AvgIpc) is 2.82. The molecule has 120 valence electrons. The first-order valence-electron chi connectivity index (χ1n) is 7.66. The minimum absolute atomic E-state index is 0.0867. The number of nitriles is 1. The highest BCUT2D eigenvalue weighted by Crippen LogP contribution is 2.13. The van der Waals surface area contributed by atoms with Gasteiger partial charge in [0.1, 0.15) is 10.4 Å². The van der Waals surface area contributed by atoms with Gasteiger partial charge in [-0.25, -0.2) is 0 Å². The zero-order valence-electron chi connectivity index (χ0n) is 13.4. The molecule has 1 aromatic carbocycles. The van der Waals surface area contributed by atoms with Crippen molar-refractivity contribution in [3.63, 3.8) is 0 Å². The number of nitrogens with zero attached hydrogens (tertiary/aromatic N) is 2. The Bertz CT molecular complexity index is 854. The van der Waals surface area contributed by atoms with Crippen LogP contribution in [0, 0.1) is 11.3 Å². The first-order valence-corrected chi connectivity index (χ1v) is 8.47. The topological polar surface area (TPSA) is 55.0 Å². The van der Waals surface area contributed by atoms with Crippen LogP contribution in [0.3, 0.4) is 0 Å². The maximum absolute atomic E-state index is 12.1. The standard InChI is InChI=1S/C18H20N2O2S/c1-3-4-5-12-22-15-8-6-14(7-9-15)13-16-18(21)20(2)17(23-16)10-11-19/h6-10,13H,3-5,12H2,1-2H3/b16-13-,17-10-. The van der Waals surface area contributed by atoms with Gasteiger partial charge in [0, 0.05) is 13.1 Å². The van der Waals surface area contributed by atoms with Gasteiger partial charge in [-0.15, -0.1) is 11.3 Å². The van der Waals surface area contributed by atoms with E-state index in [2.05, 4.69) is 6.92 Å². The zero-order valence-corrected chi connectivity index (χ0v) is 14.2. The SMILES string of the molecule is CCCCCOc1ccc(/C=c2\s/c(=C\C#N)n(C)c2=O)cc1. The van der Waals surface area contributed by atoms with Crippen molar-refractivity contribution in [2.24, 2.45) is 7.05 Å². The van der Waals surface area contributed by atoms with E-state index in [9.17, 15) is 4.79 Å². The molecule has 0 aliphatic rings. The molecule has 0 unspecified atom stereocenters. The first kappa shape index (κ1) is 17.0. The monoisotopic (exact) mass is 328 g/mol. The highest BCUT2D eigenvalue weighted by atomic mass is 32.1. The van der Waals surface area contributed by atoms with Gasteiger partial charge in [-0.1, -0.05) is 31.9 Å². The normalized spacial score (nSPS) is 12.4. The molecule has 0 fully saturated rings. The van der Waals surface area contributed by atoms with E-state index >= 15 is 0 Å². The molecule has 1 aromatic heterocycles. The molecular weight excluding hydrogens is 308 g/mol. The van der Waals surface area contributed by atoms with Crippen molar-refractivity contribution in [3.8, 4) is 11.8 Å². The van der Waals surface area contributed by atoms with Gasteiger partial charge >= 0.3 is 0 Å². The van der Waals surface area contributed by atoms with Gasteiger partial charge in [0.15, 0.2) is 0 Å². The Kier molecular flexibility index (Phi) is 6.19. The maximum Gasteiger partial charge on any atom is 0.268 e. The van der Waals surface area contributed by atoms with Crippen LogP contribution in [0.25, 0.3) is 12.2 Å². The fourth-order valence-electron chi connectivity index (χ4n) is 2.12. The summed E-state index contributed by atoms with van der Waals surface area (Å²) in [5, 5.41) is 8.73. The molecular formula is C18H20N2O2S. The lowest BCUT2D eigenvalue weighted by molar-refractivity contribution is 0.306. The highest BCUT2D eigenvalue weighted by Gasteiger charge is 2.00. The van der Waals surface area contributed by atoms with E-state index < -0.39 is 0 Å². The minimum atomic E-state index is -0.0867. The predicted molar refractivity (Wildman–Crippen MR) is 93.9 cm³/mol. The number of rotatable bonds is 6. The van der Waals surface area contributed by atoms with Crippen LogP contribution in [0.5, 0.6) is 5.75 Å². The van der Waals surface area contributed by atoms with Gasteiger partial charge in [0.25, 0.3) is 5.56 Å². The molecule has 0 saturated heterocycles. The second-order valence-corrected chi connectivity index (χ2v) is 6.27. The Hall–Kier alpha value is -2.32. The lowest BCUT2D eigenvalue weighted by atomic mass is 10.2. The van der Waals surface area contributed by atoms with Crippen molar-refractivity contribution < 1.29 is 4.74 Å². The molecule has 23 heavy (non-hydrogen) atoms. The summed E-state index contributed by atoms with van der Waals surface area (Å²) in [6.45, 7) is 2.90. The van der Waals surface area contributed by atoms with Crippen LogP contribution in [-0.2, 0) is 7.05 Å². The molecule has 0 spiro atoms. The number of hydrogen-bond donors (Lipinski definition) is 0. The van der Waals surface area contributed by atoms with Crippen LogP contribution < -0.4 is 19.5 Å². The van der Waals surface area contributed by atoms with Crippen molar-refractivity contribution in [2.75, 3.05) is 6.61 Å². The van der Waals surface area contributed by atoms with E-state index in [1.807, 2.05) is 36.4 Å². The molecule has 2 aromatic rings. The van der Waals surface area contributed by atoms with E-state index in [0.717, 1.165) is 24.3 Å². The van der Waals surface area contributed by atoms with Crippen LogP contribution in [0.1, 0.15) is 31.7 Å². The quantitative estimate of drug-likeness (QED) is 0.764. The first-order chi connectivity index (χ1) is 11.2. The van der Waals surface area contributed by atoms with Gasteiger partial charge in [-0.05, 0) is 30.2 Å². The van der Waals surface area contributed by atoms with E-state index in [1.54, 1.807) is 7.05 Å². The molecule has 0 saturated carbocycles. The van der Waals surface area contributed by atoms with Gasteiger partial charge in [0.05, 0.1) is 17.2 Å². The summed E-state index contributed by atoms with van der Waals surface area (Å²) < 4.78 is 8.43. The summed E-state index contributed by atoms with van der Waals surface area (Å²) in [5.41, 5.74) is 0.852. The van der Waals surface area contributed by atoms with Gasteiger partial charge in [-0.3, -0.25) is 4.79 Å². The fraction of sp³-hybridized carbons (Fsp3) is 0.333. The molecule has 0 atom stereocenters. The van der Waals surface area contributed by atoms with Crippen molar-refractivity contribution in [1.82, 2.24) is 4.57 Å². The van der Waals surface area contributed by atoms with Crippen molar-refractivity contribution in [2.45, 2.75) is 26.2 Å². The Morgan fingerprint density at radius 2 is 2.04 bits per heavy atom. The summed E-state index contributed by atoms with van der Waals surface area (Å²) in [7, 11) is 1.67. The fourth-order valence-corrected chi connectivity index (χ4v) is 3.09. The molecule has 4 nitrogen and oxygen atoms in total. The van der Waals surface area contributed by atoms with Crippen LogP contribution in [0.2, 0.25) is 0 Å². The van der Waals surface area contributed by atoms with Gasteiger partial charge in [0.2, 0.25) is 0 Å². The molecule has 5 heteroatoms. The second kappa shape index (κ2) is 8.35. The second-order valence-electron chi connectivity index (χ2n) is 5.21. The lowest BCUT2D eigenvalue weighted by Gasteiger charge is -2.05. The molecule has 0 aliphatic carbocycles. The molecule has 1 heterocycles. The Labute approximate surface area is 139 Å². The van der Waals surface area contributed by atoms with Crippen LogP contribution in [-0.4, -0.2) is 11.2 Å². The molecule has 0 radical (unpaired) electrons. The van der Waals surface area contributed by atoms with Gasteiger partial charge < -0.3 is 9.30 Å². The van der Waals surface area contributed by atoms with E-state index in [-0.39, 0.29) is 5.56 Å². The minimum Gasteiger partial charge on any atom is -0.494 e. The summed E-state index contributed by atoms with van der Waals surface area (Å²) in [4.78, 5) is 12.1. The molecule has 0 amide bonds. The number of unbranched alkanes of at least 4 members (excludes halogenated alkanes) is 2. The van der Waals surface area contributed by atoms with Crippen LogP contribution in [0.4, 0.5) is 0 Å². The Balaban J connectivity index is 2.18. The average molecular weight is 328 g/mol. The summed E-state index contributed by atoms with van der Waals surface area (Å²) in [6, 6.07) is 9.66. The Morgan fingerprint density at radius 1 is 1.30 bits per heavy atom. The number of thiazole rings is 1. The highest BCUT2D eigenvalue weighted by molar-refractivity contribution is 7.07. The maximum atomic E-state index is 12.1. The third kappa shape index (κ3) is 4.57. The van der Waals surface area contributed by atoms with Crippen LogP contribution in [0.15, 0.2) is 29.1 Å². The van der Waals surface area contributed by atoms with Gasteiger partial charge in [-0.2, -0.15) is 5.26 Å². The summed E-state index contributed by atoms with van der Waals surface area (Å²) in [5.74, 6) is 0.843. The van der Waals surface area contributed by atoms with Crippen molar-refractivity contribution in [3.05, 3.63) is 49.4 Å². The molecule has 0 aliphatic heterocycles. The van der Waals surface area contributed by atoms with E-state index in [4.69, 9.17) is 10.00 Å².